The Balaban J connectivity index is 2.64. The van der Waals surface area contributed by atoms with Gasteiger partial charge in [0.2, 0.25) is 0 Å². The summed E-state index contributed by atoms with van der Waals surface area (Å²) in [5.74, 6) is -0.453. The molecule has 1 aromatic rings. The van der Waals surface area contributed by atoms with Gasteiger partial charge in [-0.1, -0.05) is 12.1 Å². The molecule has 0 radical (unpaired) electrons. The van der Waals surface area contributed by atoms with Crippen molar-refractivity contribution in [3.8, 4) is 5.75 Å². The molecule has 0 amide bonds. The van der Waals surface area contributed by atoms with Crippen molar-refractivity contribution < 1.29 is 19.4 Å². The summed E-state index contributed by atoms with van der Waals surface area (Å²) in [5, 5.41) is 8.63. The number of rotatable bonds is 5. The fraction of sp³-hybridized carbons (Fsp3) is 0.231. The van der Waals surface area contributed by atoms with Crippen LogP contribution in [0, 0.1) is 0 Å². The summed E-state index contributed by atoms with van der Waals surface area (Å²) in [6.07, 6.45) is 1.47. The molecule has 1 N–H and O–H groups in total. The molecular weight excluding hydrogens is 220 g/mol. The maximum Gasteiger partial charge on any atom is 0.331 e. The maximum absolute atomic E-state index is 11.1. The predicted molar refractivity (Wildman–Crippen MR) is 63.3 cm³/mol. The first kappa shape index (κ1) is 13.0. The van der Waals surface area contributed by atoms with E-state index in [-0.39, 0.29) is 18.0 Å². The molecule has 0 unspecified atom stereocenters. The Bertz CT molecular complexity index is 460. The fourth-order valence-electron chi connectivity index (χ4n) is 1.16. The van der Waals surface area contributed by atoms with E-state index in [1.54, 1.807) is 24.3 Å². The standard InChI is InChI=1S/C13H14O4/c1-9(13(15)16)6-7-17-12-5-3-4-11(8-12)10(2)14/h3-6,8H,7H2,1-2H3,(H,15,16). The van der Waals surface area contributed by atoms with Crippen LogP contribution in [0.5, 0.6) is 5.75 Å². The Morgan fingerprint density at radius 2 is 2.06 bits per heavy atom. The number of aliphatic carboxylic acids is 1. The third-order valence-corrected chi connectivity index (χ3v) is 2.22. The smallest absolute Gasteiger partial charge is 0.331 e. The summed E-state index contributed by atoms with van der Waals surface area (Å²) in [5.41, 5.74) is 0.800. The van der Waals surface area contributed by atoms with Crippen molar-refractivity contribution in [1.29, 1.82) is 0 Å². The van der Waals surface area contributed by atoms with E-state index in [9.17, 15) is 9.59 Å². The number of carbonyl (C=O) groups excluding carboxylic acids is 1. The van der Waals surface area contributed by atoms with Gasteiger partial charge >= 0.3 is 5.97 Å². The van der Waals surface area contributed by atoms with Gasteiger partial charge in [-0.2, -0.15) is 0 Å². The van der Waals surface area contributed by atoms with Crippen LogP contribution in [-0.2, 0) is 4.79 Å². The molecule has 0 saturated carbocycles. The van der Waals surface area contributed by atoms with Crippen molar-refractivity contribution in [3.05, 3.63) is 41.5 Å². The number of hydrogen-bond donors (Lipinski definition) is 1. The molecule has 0 fully saturated rings. The molecule has 0 aliphatic heterocycles. The van der Waals surface area contributed by atoms with Gasteiger partial charge in [0, 0.05) is 11.1 Å². The highest BCUT2D eigenvalue weighted by Gasteiger charge is 2.01. The van der Waals surface area contributed by atoms with Gasteiger partial charge in [0.15, 0.2) is 5.78 Å². The Morgan fingerprint density at radius 1 is 1.35 bits per heavy atom. The lowest BCUT2D eigenvalue weighted by Gasteiger charge is -2.04. The van der Waals surface area contributed by atoms with Gasteiger partial charge in [0.1, 0.15) is 12.4 Å². The van der Waals surface area contributed by atoms with E-state index in [0.29, 0.717) is 11.3 Å². The van der Waals surface area contributed by atoms with Crippen LogP contribution in [0.1, 0.15) is 24.2 Å². The van der Waals surface area contributed by atoms with Gasteiger partial charge in [-0.3, -0.25) is 4.79 Å². The Labute approximate surface area is 99.5 Å². The monoisotopic (exact) mass is 234 g/mol. The van der Waals surface area contributed by atoms with E-state index >= 15 is 0 Å². The van der Waals surface area contributed by atoms with Crippen LogP contribution in [-0.4, -0.2) is 23.5 Å². The van der Waals surface area contributed by atoms with Crippen LogP contribution in [0.25, 0.3) is 0 Å². The van der Waals surface area contributed by atoms with Gasteiger partial charge in [0.05, 0.1) is 0 Å². The van der Waals surface area contributed by atoms with Gasteiger partial charge in [-0.25, -0.2) is 4.79 Å². The second-order valence-corrected chi connectivity index (χ2v) is 3.59. The van der Waals surface area contributed by atoms with Gasteiger partial charge in [0.25, 0.3) is 0 Å². The average Bonchev–Trinajstić information content (AvgIpc) is 2.29. The molecule has 0 bridgehead atoms. The minimum absolute atomic E-state index is 0.0345. The van der Waals surface area contributed by atoms with E-state index < -0.39 is 5.97 Å². The van der Waals surface area contributed by atoms with Crippen molar-refractivity contribution in [1.82, 2.24) is 0 Å². The van der Waals surface area contributed by atoms with Crippen molar-refractivity contribution in [2.45, 2.75) is 13.8 Å². The lowest BCUT2D eigenvalue weighted by atomic mass is 10.1. The topological polar surface area (TPSA) is 63.6 Å². The molecule has 4 heteroatoms. The number of Topliss-reactive ketones (excluding diaryl/α,β-unsaturated/α-hetero) is 1. The minimum atomic E-state index is -0.967. The fourth-order valence-corrected chi connectivity index (χ4v) is 1.16. The van der Waals surface area contributed by atoms with E-state index in [1.807, 2.05) is 0 Å². The molecule has 4 nitrogen and oxygen atoms in total. The number of carboxylic acids is 1. The number of hydrogen-bond acceptors (Lipinski definition) is 3. The zero-order valence-corrected chi connectivity index (χ0v) is 9.77. The van der Waals surface area contributed by atoms with Crippen LogP contribution in [0.2, 0.25) is 0 Å². The Kier molecular flexibility index (Phi) is 4.46. The first-order valence-electron chi connectivity index (χ1n) is 5.14. The minimum Gasteiger partial charge on any atom is -0.489 e. The predicted octanol–water partition coefficient (Wildman–Crippen LogP) is 2.30. The lowest BCUT2D eigenvalue weighted by molar-refractivity contribution is -0.132. The number of benzene rings is 1. The first-order valence-corrected chi connectivity index (χ1v) is 5.14. The van der Waals surface area contributed by atoms with Crippen molar-refractivity contribution in [2.75, 3.05) is 6.61 Å². The second kappa shape index (κ2) is 5.84. The maximum atomic E-state index is 11.1. The SMILES string of the molecule is CC(=O)c1cccc(OCC=C(C)C(=O)O)c1. The molecule has 0 spiro atoms. The third kappa shape index (κ3) is 4.10. The highest BCUT2D eigenvalue weighted by atomic mass is 16.5. The molecular formula is C13H14O4. The van der Waals surface area contributed by atoms with Crippen LogP contribution >= 0.6 is 0 Å². The van der Waals surface area contributed by atoms with Crippen LogP contribution in [0.4, 0.5) is 0 Å². The molecule has 90 valence electrons. The van der Waals surface area contributed by atoms with Crippen molar-refractivity contribution in [2.24, 2.45) is 0 Å². The van der Waals surface area contributed by atoms with E-state index in [0.717, 1.165) is 0 Å². The summed E-state index contributed by atoms with van der Waals surface area (Å²) >= 11 is 0. The zero-order valence-electron chi connectivity index (χ0n) is 9.77. The summed E-state index contributed by atoms with van der Waals surface area (Å²) in [4.78, 5) is 21.6. The number of ether oxygens (including phenoxy) is 1. The summed E-state index contributed by atoms with van der Waals surface area (Å²) < 4.78 is 5.33. The summed E-state index contributed by atoms with van der Waals surface area (Å²) in [6.45, 7) is 3.14. The summed E-state index contributed by atoms with van der Waals surface area (Å²) in [7, 11) is 0. The largest absolute Gasteiger partial charge is 0.489 e. The number of carboxylic acid groups (broad SMARTS) is 1. The Morgan fingerprint density at radius 3 is 2.65 bits per heavy atom. The van der Waals surface area contributed by atoms with Crippen LogP contribution < -0.4 is 4.74 Å². The molecule has 17 heavy (non-hydrogen) atoms. The molecule has 0 aromatic heterocycles. The molecule has 0 saturated heterocycles. The molecule has 1 aromatic carbocycles. The van der Waals surface area contributed by atoms with Crippen molar-refractivity contribution >= 4 is 11.8 Å². The molecule has 0 atom stereocenters. The highest BCUT2D eigenvalue weighted by molar-refractivity contribution is 5.94. The lowest BCUT2D eigenvalue weighted by Crippen LogP contribution is -2.01. The van der Waals surface area contributed by atoms with Gasteiger partial charge in [-0.05, 0) is 32.1 Å². The highest BCUT2D eigenvalue weighted by Crippen LogP contribution is 2.13. The summed E-state index contributed by atoms with van der Waals surface area (Å²) in [6, 6.07) is 6.77. The van der Waals surface area contributed by atoms with Gasteiger partial charge < -0.3 is 9.84 Å². The normalized spacial score (nSPS) is 11.1. The number of carbonyl (C=O) groups is 2. The third-order valence-electron chi connectivity index (χ3n) is 2.22. The Hall–Kier alpha value is -2.10. The van der Waals surface area contributed by atoms with E-state index in [2.05, 4.69) is 0 Å². The van der Waals surface area contributed by atoms with Crippen molar-refractivity contribution in [3.63, 3.8) is 0 Å². The van der Waals surface area contributed by atoms with E-state index in [1.165, 1.54) is 19.9 Å². The molecule has 0 aliphatic carbocycles. The van der Waals surface area contributed by atoms with Gasteiger partial charge in [-0.15, -0.1) is 0 Å². The molecule has 1 rings (SSSR count). The van der Waals surface area contributed by atoms with E-state index in [4.69, 9.17) is 9.84 Å². The molecule has 0 aliphatic rings. The number of ketones is 1. The second-order valence-electron chi connectivity index (χ2n) is 3.59. The first-order chi connectivity index (χ1) is 8.00. The van der Waals surface area contributed by atoms with Crippen LogP contribution in [0.3, 0.4) is 0 Å². The van der Waals surface area contributed by atoms with Crippen LogP contribution in [0.15, 0.2) is 35.9 Å². The quantitative estimate of drug-likeness (QED) is 0.627. The zero-order chi connectivity index (χ0) is 12.8. The molecule has 0 heterocycles. The average molecular weight is 234 g/mol.